The van der Waals surface area contributed by atoms with Crippen molar-refractivity contribution >= 4 is 10.2 Å². The Hall–Kier alpha value is -0.130. The summed E-state index contributed by atoms with van der Waals surface area (Å²) < 4.78 is 25.6. The van der Waals surface area contributed by atoms with Crippen LogP contribution in [0.3, 0.4) is 0 Å². The number of rotatable bonds is 4. The molecular weight excluding hydrogens is 164 g/mol. The predicted octanol–water partition coefficient (Wildman–Crippen LogP) is 0.0384. The molecule has 0 saturated heterocycles. The van der Waals surface area contributed by atoms with Crippen molar-refractivity contribution < 1.29 is 8.42 Å². The fourth-order valence-corrected chi connectivity index (χ4v) is 1.57. The van der Waals surface area contributed by atoms with E-state index in [1.54, 1.807) is 7.05 Å². The SMILES string of the molecule is CNS(=O)(=O)N(C)CC(C)C. The first kappa shape index (κ1) is 10.9. The van der Waals surface area contributed by atoms with Crippen molar-refractivity contribution in [2.45, 2.75) is 13.8 Å². The summed E-state index contributed by atoms with van der Waals surface area (Å²) in [6, 6.07) is 0. The van der Waals surface area contributed by atoms with Gasteiger partial charge in [0.05, 0.1) is 0 Å². The maximum Gasteiger partial charge on any atom is 0.278 e. The van der Waals surface area contributed by atoms with Crippen LogP contribution in [0.5, 0.6) is 0 Å². The molecule has 5 heteroatoms. The molecule has 0 rings (SSSR count). The van der Waals surface area contributed by atoms with Crippen LogP contribution in [0.15, 0.2) is 0 Å². The van der Waals surface area contributed by atoms with Crippen molar-refractivity contribution in [2.24, 2.45) is 5.92 Å². The number of nitrogens with one attached hydrogen (secondary N) is 1. The van der Waals surface area contributed by atoms with E-state index in [0.717, 1.165) is 0 Å². The molecule has 0 saturated carbocycles. The molecule has 0 aliphatic rings. The Morgan fingerprint density at radius 3 is 2.18 bits per heavy atom. The second-order valence-electron chi connectivity index (χ2n) is 2.88. The minimum absolute atomic E-state index is 0.350. The standard InChI is InChI=1S/C6H16N2O2S/c1-6(2)5-8(4)11(9,10)7-3/h6-7H,5H2,1-4H3. The van der Waals surface area contributed by atoms with Crippen molar-refractivity contribution in [1.82, 2.24) is 9.03 Å². The Morgan fingerprint density at radius 2 is 1.91 bits per heavy atom. The summed E-state index contributed by atoms with van der Waals surface area (Å²) in [5.74, 6) is 0.350. The Labute approximate surface area is 68.8 Å². The van der Waals surface area contributed by atoms with Crippen LogP contribution in [0, 0.1) is 5.92 Å². The zero-order chi connectivity index (χ0) is 9.07. The lowest BCUT2D eigenvalue weighted by atomic mass is 10.2. The van der Waals surface area contributed by atoms with Gasteiger partial charge in [-0.15, -0.1) is 0 Å². The van der Waals surface area contributed by atoms with Crippen molar-refractivity contribution in [3.63, 3.8) is 0 Å². The van der Waals surface area contributed by atoms with E-state index in [0.29, 0.717) is 12.5 Å². The van der Waals surface area contributed by atoms with Gasteiger partial charge in [-0.05, 0) is 5.92 Å². The zero-order valence-electron chi connectivity index (χ0n) is 7.46. The molecule has 0 fully saturated rings. The Balaban J connectivity index is 4.14. The highest BCUT2D eigenvalue weighted by Crippen LogP contribution is 1.99. The van der Waals surface area contributed by atoms with Crippen LogP contribution in [-0.2, 0) is 10.2 Å². The van der Waals surface area contributed by atoms with Crippen LogP contribution in [-0.4, -0.2) is 33.4 Å². The van der Waals surface area contributed by atoms with Crippen LogP contribution in [0.1, 0.15) is 13.8 Å². The molecule has 0 unspecified atom stereocenters. The Kier molecular flexibility index (Phi) is 3.99. The lowest BCUT2D eigenvalue weighted by molar-refractivity contribution is 0.412. The molecule has 0 heterocycles. The number of hydrogen-bond acceptors (Lipinski definition) is 2. The molecule has 0 aromatic carbocycles. The summed E-state index contributed by atoms with van der Waals surface area (Å²) in [7, 11) is -0.240. The van der Waals surface area contributed by atoms with Crippen LogP contribution in [0.25, 0.3) is 0 Å². The Morgan fingerprint density at radius 1 is 1.45 bits per heavy atom. The van der Waals surface area contributed by atoms with Gasteiger partial charge in [-0.25, -0.2) is 4.72 Å². The minimum atomic E-state index is -3.21. The summed E-state index contributed by atoms with van der Waals surface area (Å²) in [6.45, 7) is 4.49. The summed E-state index contributed by atoms with van der Waals surface area (Å²) in [5, 5.41) is 0. The van der Waals surface area contributed by atoms with Crippen molar-refractivity contribution in [3.8, 4) is 0 Å². The molecule has 11 heavy (non-hydrogen) atoms. The quantitative estimate of drug-likeness (QED) is 0.664. The summed E-state index contributed by atoms with van der Waals surface area (Å²) in [4.78, 5) is 0. The van der Waals surface area contributed by atoms with E-state index in [1.807, 2.05) is 13.8 Å². The first-order valence-electron chi connectivity index (χ1n) is 3.55. The monoisotopic (exact) mass is 180 g/mol. The highest BCUT2D eigenvalue weighted by molar-refractivity contribution is 7.87. The van der Waals surface area contributed by atoms with Gasteiger partial charge in [0.25, 0.3) is 10.2 Å². The predicted molar refractivity (Wildman–Crippen MR) is 45.4 cm³/mol. The van der Waals surface area contributed by atoms with Gasteiger partial charge in [-0.3, -0.25) is 0 Å². The second-order valence-corrected chi connectivity index (χ2v) is 4.87. The van der Waals surface area contributed by atoms with Crippen LogP contribution < -0.4 is 4.72 Å². The van der Waals surface area contributed by atoms with Gasteiger partial charge in [-0.2, -0.15) is 12.7 Å². The van der Waals surface area contributed by atoms with Crippen LogP contribution in [0.2, 0.25) is 0 Å². The van der Waals surface area contributed by atoms with Crippen LogP contribution >= 0.6 is 0 Å². The average molecular weight is 180 g/mol. The lowest BCUT2D eigenvalue weighted by Gasteiger charge is -2.17. The highest BCUT2D eigenvalue weighted by Gasteiger charge is 2.14. The maximum atomic E-state index is 11.0. The van der Waals surface area contributed by atoms with E-state index in [-0.39, 0.29) is 0 Å². The van der Waals surface area contributed by atoms with Gasteiger partial charge in [0.15, 0.2) is 0 Å². The van der Waals surface area contributed by atoms with E-state index in [2.05, 4.69) is 4.72 Å². The molecule has 0 aromatic rings. The van der Waals surface area contributed by atoms with Crippen molar-refractivity contribution in [1.29, 1.82) is 0 Å². The van der Waals surface area contributed by atoms with E-state index in [4.69, 9.17) is 0 Å². The lowest BCUT2D eigenvalue weighted by Crippen LogP contribution is -2.37. The molecule has 0 spiro atoms. The normalized spacial score (nSPS) is 12.9. The van der Waals surface area contributed by atoms with Gasteiger partial charge in [0, 0.05) is 20.6 Å². The minimum Gasteiger partial charge on any atom is -0.205 e. The molecule has 1 N–H and O–H groups in total. The number of nitrogens with zero attached hydrogens (tertiary/aromatic N) is 1. The summed E-state index contributed by atoms with van der Waals surface area (Å²) in [6.07, 6.45) is 0. The third kappa shape index (κ3) is 3.69. The van der Waals surface area contributed by atoms with Crippen molar-refractivity contribution in [3.05, 3.63) is 0 Å². The van der Waals surface area contributed by atoms with E-state index in [1.165, 1.54) is 11.4 Å². The molecule has 0 amide bonds. The Bertz CT molecular complexity index is 199. The topological polar surface area (TPSA) is 49.4 Å². The molecule has 0 bridgehead atoms. The molecule has 0 atom stereocenters. The molecule has 68 valence electrons. The molecule has 0 aliphatic carbocycles. The van der Waals surface area contributed by atoms with Gasteiger partial charge < -0.3 is 0 Å². The zero-order valence-corrected chi connectivity index (χ0v) is 8.27. The molecule has 0 radical (unpaired) electrons. The summed E-state index contributed by atoms with van der Waals surface area (Å²) >= 11 is 0. The third-order valence-corrected chi connectivity index (χ3v) is 2.78. The van der Waals surface area contributed by atoms with Gasteiger partial charge in [0.1, 0.15) is 0 Å². The van der Waals surface area contributed by atoms with Crippen molar-refractivity contribution in [2.75, 3.05) is 20.6 Å². The van der Waals surface area contributed by atoms with E-state index < -0.39 is 10.2 Å². The highest BCUT2D eigenvalue weighted by atomic mass is 32.2. The molecule has 4 nitrogen and oxygen atoms in total. The molecule has 0 aliphatic heterocycles. The molecule has 0 aromatic heterocycles. The van der Waals surface area contributed by atoms with E-state index >= 15 is 0 Å². The smallest absolute Gasteiger partial charge is 0.205 e. The molecular formula is C6H16N2O2S. The fraction of sp³-hybridized carbons (Fsp3) is 1.00. The first-order chi connectivity index (χ1) is 4.90. The largest absolute Gasteiger partial charge is 0.278 e. The summed E-state index contributed by atoms with van der Waals surface area (Å²) in [5.41, 5.74) is 0. The third-order valence-electron chi connectivity index (χ3n) is 1.29. The number of hydrogen-bond donors (Lipinski definition) is 1. The second kappa shape index (κ2) is 4.04. The van der Waals surface area contributed by atoms with E-state index in [9.17, 15) is 8.42 Å². The van der Waals surface area contributed by atoms with Crippen LogP contribution in [0.4, 0.5) is 0 Å². The van der Waals surface area contributed by atoms with Gasteiger partial charge in [0.2, 0.25) is 0 Å². The first-order valence-corrected chi connectivity index (χ1v) is 4.99. The van der Waals surface area contributed by atoms with Gasteiger partial charge >= 0.3 is 0 Å². The maximum absolute atomic E-state index is 11.0. The average Bonchev–Trinajstić information content (AvgIpc) is 1.86. The fourth-order valence-electron chi connectivity index (χ4n) is 0.768. The van der Waals surface area contributed by atoms with Gasteiger partial charge in [-0.1, -0.05) is 13.8 Å².